The first-order valence-electron chi connectivity index (χ1n) is 9.31. The van der Waals surface area contributed by atoms with Gasteiger partial charge in [-0.3, -0.25) is 0 Å². The van der Waals surface area contributed by atoms with Crippen molar-refractivity contribution in [1.82, 2.24) is 0 Å². The molecular formula is C19H26O10. The average Bonchev–Trinajstić information content (AvgIpc) is 2.69. The van der Waals surface area contributed by atoms with E-state index in [1.54, 1.807) is 0 Å². The number of hydrogen-bond donors (Lipinski definition) is 7. The quantitative estimate of drug-likeness (QED) is 0.307. The Morgan fingerprint density at radius 1 is 0.759 bits per heavy atom. The zero-order chi connectivity index (χ0) is 21.6. The highest BCUT2D eigenvalue weighted by molar-refractivity contribution is 5.89. The molecule has 2 aliphatic heterocycles. The molecule has 29 heavy (non-hydrogen) atoms. The van der Waals surface area contributed by atoms with Gasteiger partial charge in [-0.2, -0.15) is 0 Å². The van der Waals surface area contributed by atoms with Crippen molar-refractivity contribution in [2.45, 2.75) is 74.9 Å². The number of aromatic carboxylic acids is 1. The topological polar surface area (TPSA) is 177 Å². The van der Waals surface area contributed by atoms with E-state index in [-0.39, 0.29) is 11.1 Å². The fraction of sp³-hybridized carbons (Fsp3) is 0.632. The van der Waals surface area contributed by atoms with Gasteiger partial charge in [0, 0.05) is 0 Å². The molecule has 2 heterocycles. The Morgan fingerprint density at radius 2 is 1.24 bits per heavy atom. The largest absolute Gasteiger partial charge is 0.478 e. The number of benzene rings is 1. The van der Waals surface area contributed by atoms with Crippen LogP contribution in [0, 0.1) is 0 Å². The van der Waals surface area contributed by atoms with Crippen LogP contribution in [0.5, 0.6) is 0 Å². The number of carboxylic acids is 1. The summed E-state index contributed by atoms with van der Waals surface area (Å²) < 4.78 is 11.2. The number of aliphatic hydroxyl groups is 6. The Labute approximate surface area is 166 Å². The third-order valence-corrected chi connectivity index (χ3v) is 5.65. The molecule has 7 N–H and O–H groups in total. The van der Waals surface area contributed by atoms with Gasteiger partial charge in [-0.05, 0) is 37.1 Å². The van der Waals surface area contributed by atoms with Crippen molar-refractivity contribution >= 4 is 5.97 Å². The van der Waals surface area contributed by atoms with Crippen molar-refractivity contribution in [3.63, 3.8) is 0 Å². The van der Waals surface area contributed by atoms with E-state index in [4.69, 9.17) is 9.47 Å². The van der Waals surface area contributed by atoms with Crippen molar-refractivity contribution in [3.05, 3.63) is 34.9 Å². The summed E-state index contributed by atoms with van der Waals surface area (Å²) in [5.41, 5.74) is 0.108. The van der Waals surface area contributed by atoms with E-state index in [0.717, 1.165) is 0 Å². The molecule has 1 aromatic rings. The van der Waals surface area contributed by atoms with Gasteiger partial charge in [0.15, 0.2) is 0 Å². The molecule has 0 radical (unpaired) electrons. The Morgan fingerprint density at radius 3 is 1.76 bits per heavy atom. The van der Waals surface area contributed by atoms with Crippen LogP contribution in [0.1, 0.15) is 47.5 Å². The molecule has 0 aliphatic carbocycles. The summed E-state index contributed by atoms with van der Waals surface area (Å²) in [6.45, 7) is 3.00. The fourth-order valence-corrected chi connectivity index (χ4v) is 3.82. The summed E-state index contributed by atoms with van der Waals surface area (Å²) in [5, 5.41) is 70.1. The molecule has 2 aliphatic rings. The Bertz CT molecular complexity index is 755. The lowest BCUT2D eigenvalue weighted by Gasteiger charge is -2.41. The SMILES string of the molecule is C[C@H]1OC(c2ccc(C(=O)O)c(C3O[C@H](C)[C@H](O)[C@H](O)[C@H]3O)c2)[C@H](O)[C@@H](O)[C@H]1O. The smallest absolute Gasteiger partial charge is 0.336 e. The lowest BCUT2D eigenvalue weighted by molar-refractivity contribution is -0.221. The van der Waals surface area contributed by atoms with Gasteiger partial charge >= 0.3 is 5.97 Å². The van der Waals surface area contributed by atoms with Crippen LogP contribution in [0.4, 0.5) is 0 Å². The molecule has 10 nitrogen and oxygen atoms in total. The number of aliphatic hydroxyl groups excluding tert-OH is 6. The van der Waals surface area contributed by atoms with Gasteiger partial charge in [-0.25, -0.2) is 4.79 Å². The van der Waals surface area contributed by atoms with E-state index in [0.29, 0.717) is 5.56 Å². The van der Waals surface area contributed by atoms with Gasteiger partial charge in [-0.15, -0.1) is 0 Å². The minimum Gasteiger partial charge on any atom is -0.478 e. The first-order chi connectivity index (χ1) is 13.5. The number of carbonyl (C=O) groups is 1. The summed E-state index contributed by atoms with van der Waals surface area (Å²) in [6, 6.07) is 3.98. The van der Waals surface area contributed by atoms with Crippen molar-refractivity contribution in [2.75, 3.05) is 0 Å². The van der Waals surface area contributed by atoms with Gasteiger partial charge < -0.3 is 45.2 Å². The third kappa shape index (κ3) is 3.90. The van der Waals surface area contributed by atoms with Crippen LogP contribution in [0.2, 0.25) is 0 Å². The highest BCUT2D eigenvalue weighted by Gasteiger charge is 2.45. The molecule has 0 bridgehead atoms. The van der Waals surface area contributed by atoms with Crippen LogP contribution < -0.4 is 0 Å². The van der Waals surface area contributed by atoms with E-state index >= 15 is 0 Å². The van der Waals surface area contributed by atoms with Gasteiger partial charge in [-0.1, -0.05) is 6.07 Å². The molecule has 0 amide bonds. The monoisotopic (exact) mass is 414 g/mol. The van der Waals surface area contributed by atoms with Gasteiger partial charge in [0.1, 0.15) is 48.8 Å². The highest BCUT2D eigenvalue weighted by atomic mass is 16.5. The van der Waals surface area contributed by atoms with Crippen molar-refractivity contribution in [3.8, 4) is 0 Å². The van der Waals surface area contributed by atoms with Gasteiger partial charge in [0.25, 0.3) is 0 Å². The number of ether oxygens (including phenoxy) is 2. The molecule has 10 atom stereocenters. The molecule has 2 fully saturated rings. The van der Waals surface area contributed by atoms with Crippen LogP contribution in [0.3, 0.4) is 0 Å². The highest BCUT2D eigenvalue weighted by Crippen LogP contribution is 2.38. The Kier molecular flexibility index (Phi) is 6.27. The van der Waals surface area contributed by atoms with E-state index in [9.17, 15) is 40.5 Å². The molecule has 162 valence electrons. The maximum absolute atomic E-state index is 11.7. The number of carboxylic acid groups (broad SMARTS) is 1. The standard InChI is InChI=1S/C19H26O10/c1-6-11(20)13(22)15(24)17(28-6)8-3-4-9(19(26)27)10(5-8)18-16(25)14(23)12(21)7(2)29-18/h3-7,11-18,20-25H,1-2H3,(H,26,27)/t6-,7-,11+,12+,13+,14+,15-,16-,17?,18?/m1/s1. The second kappa shape index (κ2) is 8.25. The van der Waals surface area contributed by atoms with Crippen LogP contribution in [0.15, 0.2) is 18.2 Å². The second-order valence-electron chi connectivity index (χ2n) is 7.62. The second-order valence-corrected chi connectivity index (χ2v) is 7.62. The zero-order valence-electron chi connectivity index (χ0n) is 15.9. The molecule has 1 aromatic carbocycles. The zero-order valence-corrected chi connectivity index (χ0v) is 15.9. The van der Waals surface area contributed by atoms with Crippen LogP contribution in [-0.4, -0.2) is 90.5 Å². The number of rotatable bonds is 3. The maximum atomic E-state index is 11.7. The normalized spacial score (nSPS) is 43.2. The minimum absolute atomic E-state index is 0.0179. The van der Waals surface area contributed by atoms with E-state index < -0.39 is 67.0 Å². The average molecular weight is 414 g/mol. The Balaban J connectivity index is 2.02. The van der Waals surface area contributed by atoms with E-state index in [1.165, 1.54) is 32.0 Å². The lowest BCUT2D eigenvalue weighted by Crippen LogP contribution is -2.53. The lowest BCUT2D eigenvalue weighted by atomic mass is 9.86. The Hall–Kier alpha value is -1.63. The van der Waals surface area contributed by atoms with Gasteiger partial charge in [0.05, 0.1) is 17.8 Å². The first kappa shape index (κ1) is 22.1. The molecule has 2 unspecified atom stereocenters. The van der Waals surface area contributed by atoms with Crippen LogP contribution >= 0.6 is 0 Å². The molecule has 10 heteroatoms. The molecule has 0 aromatic heterocycles. The van der Waals surface area contributed by atoms with Crippen molar-refractivity contribution in [1.29, 1.82) is 0 Å². The number of hydrogen-bond acceptors (Lipinski definition) is 9. The third-order valence-electron chi connectivity index (χ3n) is 5.65. The molecule has 3 rings (SSSR count). The fourth-order valence-electron chi connectivity index (χ4n) is 3.82. The minimum atomic E-state index is -1.60. The molecule has 0 saturated carbocycles. The van der Waals surface area contributed by atoms with E-state index in [1.807, 2.05) is 0 Å². The van der Waals surface area contributed by atoms with E-state index in [2.05, 4.69) is 0 Å². The first-order valence-corrected chi connectivity index (χ1v) is 9.31. The molecular weight excluding hydrogens is 388 g/mol. The van der Waals surface area contributed by atoms with Crippen LogP contribution in [-0.2, 0) is 9.47 Å². The predicted octanol–water partition coefficient (Wildman–Crippen LogP) is -1.53. The van der Waals surface area contributed by atoms with Crippen molar-refractivity contribution < 1.29 is 50.0 Å². The summed E-state index contributed by atoms with van der Waals surface area (Å²) in [5.74, 6) is -1.30. The maximum Gasteiger partial charge on any atom is 0.336 e. The van der Waals surface area contributed by atoms with Crippen molar-refractivity contribution in [2.24, 2.45) is 0 Å². The van der Waals surface area contributed by atoms with Crippen LogP contribution in [0.25, 0.3) is 0 Å². The summed E-state index contributed by atoms with van der Waals surface area (Å²) in [7, 11) is 0. The van der Waals surface area contributed by atoms with Gasteiger partial charge in [0.2, 0.25) is 0 Å². The summed E-state index contributed by atoms with van der Waals surface area (Å²) in [6.07, 6.45) is -12.7. The molecule has 0 spiro atoms. The molecule has 2 saturated heterocycles. The summed E-state index contributed by atoms with van der Waals surface area (Å²) >= 11 is 0. The predicted molar refractivity (Wildman–Crippen MR) is 96.0 cm³/mol. The summed E-state index contributed by atoms with van der Waals surface area (Å²) in [4.78, 5) is 11.7.